The topological polar surface area (TPSA) is 34.1 Å². The molecule has 2 nitrogen and oxygen atoms in total. The van der Waals surface area contributed by atoms with E-state index < -0.39 is 51.5 Å². The molecule has 0 aromatic heterocycles. The molecular weight excluding hydrogens is 515 g/mol. The van der Waals surface area contributed by atoms with E-state index in [-0.39, 0.29) is 11.5 Å². The van der Waals surface area contributed by atoms with Gasteiger partial charge in [0.15, 0.2) is 38.4 Å². The predicted octanol–water partition coefficient (Wildman–Crippen LogP) is 5.83. The van der Waals surface area contributed by atoms with Crippen molar-refractivity contribution in [2.24, 2.45) is 0 Å². The minimum Gasteiger partial charge on any atom is -0.445 e. The molecule has 0 aliphatic carbocycles. The maximum Gasteiger partial charge on any atom is 0.515 e. The number of hydrogen-bond acceptors (Lipinski definition) is 2. The second-order valence-corrected chi connectivity index (χ2v) is 9.88. The van der Waals surface area contributed by atoms with Gasteiger partial charge in [0.2, 0.25) is 5.78 Å². The van der Waals surface area contributed by atoms with E-state index in [0.29, 0.717) is 11.3 Å². The van der Waals surface area contributed by atoms with E-state index in [1.165, 1.54) is 0 Å². The smallest absolute Gasteiger partial charge is 0.445 e. The van der Waals surface area contributed by atoms with Gasteiger partial charge in [-0.3, -0.25) is 4.79 Å². The summed E-state index contributed by atoms with van der Waals surface area (Å²) in [5.74, 6) is -10.4. The van der Waals surface area contributed by atoms with E-state index in [1.807, 2.05) is 36.4 Å². The Balaban J connectivity index is 0.000000269. The normalized spacial score (nSPS) is 12.5. The summed E-state index contributed by atoms with van der Waals surface area (Å²) in [5.41, 5.74) is -1.34. The van der Waals surface area contributed by atoms with Gasteiger partial charge in [-0.2, -0.15) is 0 Å². The first-order valence-electron chi connectivity index (χ1n) is 10.2. The minimum atomic E-state index is -6.30. The van der Waals surface area contributed by atoms with E-state index in [1.54, 1.807) is 31.2 Å². The van der Waals surface area contributed by atoms with Crippen molar-refractivity contribution >= 4 is 28.2 Å². The SMILES string of the molecule is CC[S+](=O)(C#Cc1ccccc1)CC(=O)c1ccccc1.Fc1c(F)c(F)c([B-](F)(F)F)c(F)c1F. The third-order valence-electron chi connectivity index (χ3n) is 4.65. The maximum atomic E-state index is 12.7. The van der Waals surface area contributed by atoms with Gasteiger partial charge in [0.05, 0.1) is 0 Å². The van der Waals surface area contributed by atoms with Crippen LogP contribution in [-0.4, -0.2) is 24.3 Å². The quantitative estimate of drug-likeness (QED) is 0.0788. The molecule has 36 heavy (non-hydrogen) atoms. The lowest BCUT2D eigenvalue weighted by molar-refractivity contribution is 0.102. The average molecular weight is 532 g/mol. The van der Waals surface area contributed by atoms with Crippen molar-refractivity contribution < 1.29 is 43.9 Å². The summed E-state index contributed by atoms with van der Waals surface area (Å²) < 4.78 is 110. The van der Waals surface area contributed by atoms with Crippen LogP contribution in [0.15, 0.2) is 60.7 Å². The van der Waals surface area contributed by atoms with Crippen molar-refractivity contribution in [1.29, 1.82) is 0 Å². The predicted molar refractivity (Wildman–Crippen MR) is 122 cm³/mol. The van der Waals surface area contributed by atoms with Crippen LogP contribution in [0.25, 0.3) is 0 Å². The van der Waals surface area contributed by atoms with E-state index in [0.717, 1.165) is 5.56 Å². The Kier molecular flexibility index (Phi) is 9.59. The highest BCUT2D eigenvalue weighted by Gasteiger charge is 2.37. The lowest BCUT2D eigenvalue weighted by atomic mass is 9.79. The van der Waals surface area contributed by atoms with E-state index in [2.05, 4.69) is 11.2 Å². The second-order valence-electron chi connectivity index (χ2n) is 7.19. The summed E-state index contributed by atoms with van der Waals surface area (Å²) in [6, 6.07) is 18.3. The van der Waals surface area contributed by atoms with Crippen LogP contribution in [0.1, 0.15) is 22.8 Å². The van der Waals surface area contributed by atoms with Crippen LogP contribution in [0.3, 0.4) is 0 Å². The molecule has 1 unspecified atom stereocenters. The monoisotopic (exact) mass is 532 g/mol. The lowest BCUT2D eigenvalue weighted by Crippen LogP contribution is -2.41. The van der Waals surface area contributed by atoms with Crippen LogP contribution < -0.4 is 5.46 Å². The van der Waals surface area contributed by atoms with Crippen molar-refractivity contribution in [3.63, 3.8) is 0 Å². The molecule has 12 heteroatoms. The highest BCUT2D eigenvalue weighted by Crippen LogP contribution is 2.21. The summed E-state index contributed by atoms with van der Waals surface area (Å²) in [6.45, 7) is -4.50. The summed E-state index contributed by atoms with van der Waals surface area (Å²) >= 11 is 0. The molecular formula is C24H17BF8O2S. The molecule has 3 rings (SSSR count). The molecule has 0 spiro atoms. The third kappa shape index (κ3) is 7.27. The number of carbonyl (C=O) groups is 1. The van der Waals surface area contributed by atoms with Crippen LogP contribution in [0.5, 0.6) is 0 Å². The molecule has 1 atom stereocenters. The molecule has 0 bridgehead atoms. The molecule has 0 heterocycles. The van der Waals surface area contributed by atoms with Crippen LogP contribution in [0.4, 0.5) is 34.9 Å². The molecule has 0 aliphatic heterocycles. The van der Waals surface area contributed by atoms with Gasteiger partial charge in [0.1, 0.15) is 17.4 Å². The standard InChI is InChI=1S/C18H17O2S.C6BF8/c1-2-21(20,14-13-16-9-5-3-6-10-16)15-18(19)17-11-7-4-8-12-17;8-2-1(7(13,14)15)3(9)5(11)6(12)4(2)10/h3-12H,2,15H2,1H3;/q+1;-1. The van der Waals surface area contributed by atoms with Gasteiger partial charge in [-0.25, -0.2) is 22.0 Å². The molecule has 0 saturated heterocycles. The number of hydrogen-bond donors (Lipinski definition) is 0. The fourth-order valence-corrected chi connectivity index (χ4v) is 4.03. The van der Waals surface area contributed by atoms with Crippen molar-refractivity contribution in [1.82, 2.24) is 0 Å². The maximum absolute atomic E-state index is 12.7. The Morgan fingerprint density at radius 1 is 0.778 bits per heavy atom. The van der Waals surface area contributed by atoms with Crippen LogP contribution in [0, 0.1) is 40.3 Å². The van der Waals surface area contributed by atoms with Crippen LogP contribution in [-0.2, 0) is 14.1 Å². The fraction of sp³-hybridized carbons (Fsp3) is 0.125. The zero-order chi connectivity index (χ0) is 27.1. The Morgan fingerprint density at radius 3 is 1.67 bits per heavy atom. The Morgan fingerprint density at radius 2 is 1.22 bits per heavy atom. The molecule has 190 valence electrons. The van der Waals surface area contributed by atoms with Gasteiger partial charge in [0.25, 0.3) is 0 Å². The van der Waals surface area contributed by atoms with Crippen molar-refractivity contribution in [3.05, 3.63) is 101 Å². The summed E-state index contributed by atoms with van der Waals surface area (Å²) in [6.07, 6.45) is 0. The van der Waals surface area contributed by atoms with E-state index >= 15 is 0 Å². The molecule has 3 aromatic carbocycles. The number of rotatable bonds is 5. The Labute approximate surface area is 202 Å². The van der Waals surface area contributed by atoms with Gasteiger partial charge < -0.3 is 12.9 Å². The van der Waals surface area contributed by atoms with Crippen LogP contribution >= 0.6 is 0 Å². The van der Waals surface area contributed by atoms with Crippen molar-refractivity contribution in [2.75, 3.05) is 11.5 Å². The van der Waals surface area contributed by atoms with Crippen LogP contribution in [0.2, 0.25) is 0 Å². The van der Waals surface area contributed by atoms with Gasteiger partial charge >= 0.3 is 6.98 Å². The van der Waals surface area contributed by atoms with Crippen molar-refractivity contribution in [3.8, 4) is 11.2 Å². The number of Topliss-reactive ketones (excluding diaryl/α,β-unsaturated/α-hetero) is 1. The average Bonchev–Trinajstić information content (AvgIpc) is 2.86. The first-order chi connectivity index (χ1) is 16.8. The van der Waals surface area contributed by atoms with E-state index in [4.69, 9.17) is 0 Å². The Bertz CT molecular complexity index is 1300. The zero-order valence-corrected chi connectivity index (χ0v) is 19.3. The summed E-state index contributed by atoms with van der Waals surface area (Å²) in [4.78, 5) is 12.2. The summed E-state index contributed by atoms with van der Waals surface area (Å²) in [5, 5.41) is 2.82. The zero-order valence-electron chi connectivity index (χ0n) is 18.5. The second kappa shape index (κ2) is 12.0. The first kappa shape index (κ1) is 28.8. The van der Waals surface area contributed by atoms with Crippen molar-refractivity contribution in [2.45, 2.75) is 6.92 Å². The molecule has 0 radical (unpaired) electrons. The molecule has 0 saturated carbocycles. The summed E-state index contributed by atoms with van der Waals surface area (Å²) in [7, 11) is -2.48. The van der Waals surface area contributed by atoms with Gasteiger partial charge in [-0.1, -0.05) is 52.7 Å². The van der Waals surface area contributed by atoms with Gasteiger partial charge in [0, 0.05) is 11.1 Å². The number of carbonyl (C=O) groups excluding carboxylic acids is 1. The molecule has 0 N–H and O–H groups in total. The lowest BCUT2D eigenvalue weighted by Gasteiger charge is -2.17. The molecule has 0 fully saturated rings. The first-order valence-corrected chi connectivity index (χ1v) is 12.1. The number of ketones is 1. The minimum absolute atomic E-state index is 0.0205. The molecule has 3 aromatic rings. The van der Waals surface area contributed by atoms with E-state index in [9.17, 15) is 43.9 Å². The number of benzene rings is 3. The fourth-order valence-electron chi connectivity index (χ4n) is 2.71. The molecule has 0 amide bonds. The van der Waals surface area contributed by atoms with Gasteiger partial charge in [-0.05, 0) is 30.4 Å². The van der Waals surface area contributed by atoms with Gasteiger partial charge in [-0.15, -0.1) is 0 Å². The molecule has 0 aliphatic rings. The Hall–Kier alpha value is -3.46. The highest BCUT2D eigenvalue weighted by atomic mass is 32.2. The highest BCUT2D eigenvalue weighted by molar-refractivity contribution is 8.07. The largest absolute Gasteiger partial charge is 0.515 e. The third-order valence-corrected chi connectivity index (χ3v) is 6.79. The number of halogens is 8.